The Balaban J connectivity index is 4.28. The van der Waals surface area contributed by atoms with Crippen molar-refractivity contribution in [3.8, 4) is 12.1 Å². The summed E-state index contributed by atoms with van der Waals surface area (Å²) in [6, 6.07) is 4.34. The molecule has 0 N–H and O–H groups in total. The molecule has 0 aliphatic carbocycles. The van der Waals surface area contributed by atoms with Crippen LogP contribution in [0.1, 0.15) is 27.2 Å². The number of nitriles is 2. The van der Waals surface area contributed by atoms with Gasteiger partial charge in [-0.1, -0.05) is 20.8 Å². The molecule has 0 spiro atoms. The number of hydrogen-bond donors (Lipinski definition) is 0. The van der Waals surface area contributed by atoms with Crippen LogP contribution in [0.4, 0.5) is 0 Å². The van der Waals surface area contributed by atoms with E-state index in [0.29, 0.717) is 0 Å². The molecule has 0 aromatic rings. The van der Waals surface area contributed by atoms with Crippen LogP contribution < -0.4 is 0 Å². The fraction of sp³-hybridized carbons (Fsp3) is 0.778. The Morgan fingerprint density at radius 3 is 1.82 bits per heavy atom. The van der Waals surface area contributed by atoms with E-state index in [2.05, 4.69) is 12.1 Å². The maximum atomic E-state index is 8.73. The van der Waals surface area contributed by atoms with Crippen molar-refractivity contribution in [2.45, 2.75) is 27.2 Å². The molecule has 0 saturated heterocycles. The zero-order valence-electron chi connectivity index (χ0n) is 7.33. The molecule has 0 aliphatic rings. The normalized spacial score (nSPS) is 15.1. The number of rotatable bonds is 3. The van der Waals surface area contributed by atoms with Gasteiger partial charge in [-0.2, -0.15) is 10.5 Å². The van der Waals surface area contributed by atoms with Gasteiger partial charge >= 0.3 is 0 Å². The van der Waals surface area contributed by atoms with E-state index in [1.807, 2.05) is 20.8 Å². The molecule has 2 atom stereocenters. The molecule has 0 aliphatic heterocycles. The standard InChI is InChI=1S/C9H14N2/c1-4-8(5-10)9(6-11)7(2)3/h7-9H,4H2,1-3H3. The highest BCUT2D eigenvalue weighted by atomic mass is 14.4. The second-order valence-corrected chi connectivity index (χ2v) is 3.04. The van der Waals surface area contributed by atoms with Crippen molar-refractivity contribution in [3.63, 3.8) is 0 Å². The fourth-order valence-electron chi connectivity index (χ4n) is 1.13. The second kappa shape index (κ2) is 4.74. The Bertz CT molecular complexity index is 183. The first-order valence-corrected chi connectivity index (χ1v) is 3.96. The lowest BCUT2D eigenvalue weighted by Crippen LogP contribution is -2.16. The molecule has 0 rings (SSSR count). The Morgan fingerprint density at radius 2 is 1.73 bits per heavy atom. The van der Waals surface area contributed by atoms with Crippen LogP contribution in [0.2, 0.25) is 0 Å². The van der Waals surface area contributed by atoms with Crippen LogP contribution in [-0.4, -0.2) is 0 Å². The molecule has 2 unspecified atom stereocenters. The lowest BCUT2D eigenvalue weighted by Gasteiger charge is -2.16. The first-order valence-electron chi connectivity index (χ1n) is 3.96. The SMILES string of the molecule is CCC(C#N)C(C#N)C(C)C. The van der Waals surface area contributed by atoms with Gasteiger partial charge in [0.05, 0.1) is 24.0 Å². The highest BCUT2D eigenvalue weighted by Gasteiger charge is 2.22. The lowest BCUT2D eigenvalue weighted by molar-refractivity contribution is 0.372. The molecular weight excluding hydrogens is 136 g/mol. The highest BCUT2D eigenvalue weighted by Crippen LogP contribution is 2.21. The fourth-order valence-corrected chi connectivity index (χ4v) is 1.13. The zero-order valence-corrected chi connectivity index (χ0v) is 7.33. The predicted octanol–water partition coefficient (Wildman–Crippen LogP) is 2.33. The van der Waals surface area contributed by atoms with E-state index < -0.39 is 0 Å². The Labute approximate surface area is 68.4 Å². The molecule has 60 valence electrons. The monoisotopic (exact) mass is 150 g/mol. The molecular formula is C9H14N2. The molecule has 0 amide bonds. The third-order valence-electron chi connectivity index (χ3n) is 1.91. The van der Waals surface area contributed by atoms with E-state index in [-0.39, 0.29) is 17.8 Å². The number of nitrogens with zero attached hydrogens (tertiary/aromatic N) is 2. The molecule has 0 fully saturated rings. The number of hydrogen-bond acceptors (Lipinski definition) is 2. The van der Waals surface area contributed by atoms with Crippen molar-refractivity contribution in [1.29, 1.82) is 10.5 Å². The Hall–Kier alpha value is -1.02. The summed E-state index contributed by atoms with van der Waals surface area (Å²) in [5, 5.41) is 17.4. The zero-order chi connectivity index (χ0) is 8.85. The lowest BCUT2D eigenvalue weighted by atomic mass is 9.84. The van der Waals surface area contributed by atoms with Crippen molar-refractivity contribution < 1.29 is 0 Å². The quantitative estimate of drug-likeness (QED) is 0.619. The van der Waals surface area contributed by atoms with Crippen LogP contribution in [0.5, 0.6) is 0 Å². The molecule has 0 aromatic carbocycles. The molecule has 2 nitrogen and oxygen atoms in total. The van der Waals surface area contributed by atoms with Crippen LogP contribution in [0.15, 0.2) is 0 Å². The molecule has 0 heterocycles. The van der Waals surface area contributed by atoms with Gasteiger partial charge in [-0.05, 0) is 12.3 Å². The minimum atomic E-state index is -0.106. The van der Waals surface area contributed by atoms with Crippen LogP contribution in [-0.2, 0) is 0 Å². The predicted molar refractivity (Wildman–Crippen MR) is 43.3 cm³/mol. The summed E-state index contributed by atoms with van der Waals surface area (Å²) in [6.07, 6.45) is 0.771. The molecule has 2 heteroatoms. The summed E-state index contributed by atoms with van der Waals surface area (Å²) >= 11 is 0. The summed E-state index contributed by atoms with van der Waals surface area (Å²) in [4.78, 5) is 0. The molecule has 0 aromatic heterocycles. The summed E-state index contributed by atoms with van der Waals surface area (Å²) in [6.45, 7) is 5.91. The van der Waals surface area contributed by atoms with Crippen molar-refractivity contribution in [3.05, 3.63) is 0 Å². The van der Waals surface area contributed by atoms with Gasteiger partial charge in [0.25, 0.3) is 0 Å². The summed E-state index contributed by atoms with van der Waals surface area (Å²) in [5.41, 5.74) is 0. The maximum absolute atomic E-state index is 8.73. The second-order valence-electron chi connectivity index (χ2n) is 3.04. The molecule has 0 saturated carbocycles. The summed E-state index contributed by atoms with van der Waals surface area (Å²) in [7, 11) is 0. The summed E-state index contributed by atoms with van der Waals surface area (Å²) in [5.74, 6) is 0.0783. The van der Waals surface area contributed by atoms with E-state index in [1.165, 1.54) is 0 Å². The minimum absolute atomic E-state index is 0.0972. The molecule has 11 heavy (non-hydrogen) atoms. The minimum Gasteiger partial charge on any atom is -0.198 e. The smallest absolute Gasteiger partial charge is 0.0672 e. The topological polar surface area (TPSA) is 47.6 Å². The van der Waals surface area contributed by atoms with Gasteiger partial charge in [-0.3, -0.25) is 0 Å². The van der Waals surface area contributed by atoms with Crippen LogP contribution >= 0.6 is 0 Å². The van der Waals surface area contributed by atoms with E-state index in [9.17, 15) is 0 Å². The van der Waals surface area contributed by atoms with E-state index in [1.54, 1.807) is 0 Å². The Morgan fingerprint density at radius 1 is 1.18 bits per heavy atom. The summed E-state index contributed by atoms with van der Waals surface area (Å²) < 4.78 is 0. The first-order chi connectivity index (χ1) is 5.17. The molecule has 0 bridgehead atoms. The van der Waals surface area contributed by atoms with Crippen LogP contribution in [0, 0.1) is 40.4 Å². The molecule has 0 radical (unpaired) electrons. The van der Waals surface area contributed by atoms with Crippen LogP contribution in [0.3, 0.4) is 0 Å². The van der Waals surface area contributed by atoms with Gasteiger partial charge in [-0.15, -0.1) is 0 Å². The van der Waals surface area contributed by atoms with Crippen molar-refractivity contribution in [2.75, 3.05) is 0 Å². The highest BCUT2D eigenvalue weighted by molar-refractivity contribution is 4.98. The van der Waals surface area contributed by atoms with Gasteiger partial charge in [-0.25, -0.2) is 0 Å². The van der Waals surface area contributed by atoms with Gasteiger partial charge < -0.3 is 0 Å². The van der Waals surface area contributed by atoms with Crippen LogP contribution in [0.25, 0.3) is 0 Å². The average Bonchev–Trinajstić information content (AvgIpc) is 1.99. The van der Waals surface area contributed by atoms with Gasteiger partial charge in [0.1, 0.15) is 0 Å². The third-order valence-corrected chi connectivity index (χ3v) is 1.91. The van der Waals surface area contributed by atoms with E-state index in [4.69, 9.17) is 10.5 Å². The Kier molecular flexibility index (Phi) is 4.30. The first kappa shape index (κ1) is 9.98. The average molecular weight is 150 g/mol. The van der Waals surface area contributed by atoms with Gasteiger partial charge in [0.2, 0.25) is 0 Å². The van der Waals surface area contributed by atoms with Gasteiger partial charge in [0, 0.05) is 0 Å². The van der Waals surface area contributed by atoms with Crippen molar-refractivity contribution in [1.82, 2.24) is 0 Å². The van der Waals surface area contributed by atoms with Crippen molar-refractivity contribution >= 4 is 0 Å². The van der Waals surface area contributed by atoms with E-state index in [0.717, 1.165) is 6.42 Å². The van der Waals surface area contributed by atoms with Gasteiger partial charge in [0.15, 0.2) is 0 Å². The third kappa shape index (κ3) is 2.60. The van der Waals surface area contributed by atoms with E-state index >= 15 is 0 Å². The van der Waals surface area contributed by atoms with Crippen molar-refractivity contribution in [2.24, 2.45) is 17.8 Å². The maximum Gasteiger partial charge on any atom is 0.0672 e. The largest absolute Gasteiger partial charge is 0.198 e.